The molecule has 2 aliphatic carbocycles. The van der Waals surface area contributed by atoms with Crippen LogP contribution in [0.4, 0.5) is 0 Å². The highest BCUT2D eigenvalue weighted by Crippen LogP contribution is 2.57. The number of fused-ring (bicyclic) bond motifs is 2. The Hall–Kier alpha value is -4.16. The molecule has 198 valence electrons. The molecule has 2 atom stereocenters. The molecule has 1 saturated carbocycles. The van der Waals surface area contributed by atoms with Crippen LogP contribution in [0.15, 0.2) is 121 Å². The van der Waals surface area contributed by atoms with E-state index in [9.17, 15) is 0 Å². The zero-order valence-electron chi connectivity index (χ0n) is 24.2. The maximum atomic E-state index is 4.14. The first-order valence-corrected chi connectivity index (χ1v) is 14.6. The van der Waals surface area contributed by atoms with Crippen LogP contribution in [0.2, 0.25) is 0 Å². The third-order valence-corrected chi connectivity index (χ3v) is 8.72. The molecule has 0 bridgehead atoms. The summed E-state index contributed by atoms with van der Waals surface area (Å²) in [4.78, 5) is 0. The van der Waals surface area contributed by atoms with E-state index in [1.807, 2.05) is 12.2 Å². The van der Waals surface area contributed by atoms with Gasteiger partial charge in [-0.25, -0.2) is 0 Å². The molecule has 0 heterocycles. The van der Waals surface area contributed by atoms with Gasteiger partial charge in [-0.1, -0.05) is 135 Å². The van der Waals surface area contributed by atoms with Crippen molar-refractivity contribution in [1.29, 1.82) is 0 Å². The zero-order chi connectivity index (χ0) is 28.0. The number of hydrogen-bond acceptors (Lipinski definition) is 0. The third-order valence-electron chi connectivity index (χ3n) is 8.72. The number of hydrogen-bond donors (Lipinski definition) is 0. The van der Waals surface area contributed by atoms with Crippen LogP contribution >= 0.6 is 0 Å². The summed E-state index contributed by atoms with van der Waals surface area (Å²) in [5.74, 6) is 1.50. The summed E-state index contributed by atoms with van der Waals surface area (Å²) >= 11 is 0. The summed E-state index contributed by atoms with van der Waals surface area (Å²) in [6.07, 6.45) is 10.9. The van der Waals surface area contributed by atoms with Crippen molar-refractivity contribution in [3.63, 3.8) is 0 Å². The van der Waals surface area contributed by atoms with Gasteiger partial charge < -0.3 is 0 Å². The summed E-state index contributed by atoms with van der Waals surface area (Å²) in [7, 11) is 0. The second kappa shape index (κ2) is 10.4. The van der Waals surface area contributed by atoms with E-state index in [1.165, 1.54) is 90.4 Å². The minimum atomic E-state index is 0.684. The molecule has 0 N–H and O–H groups in total. The lowest BCUT2D eigenvalue weighted by Gasteiger charge is -2.20. The monoisotopic (exact) mass is 518 g/mol. The Bertz CT molecular complexity index is 1760. The quantitative estimate of drug-likeness (QED) is 0.238. The minimum Gasteiger partial charge on any atom is -0.0990 e. The Morgan fingerprint density at radius 2 is 1.32 bits per heavy atom. The predicted molar refractivity (Wildman–Crippen MR) is 175 cm³/mol. The molecular formula is C40H38. The van der Waals surface area contributed by atoms with Crippen LogP contribution in [0.1, 0.15) is 61.8 Å². The fourth-order valence-corrected chi connectivity index (χ4v) is 6.91. The van der Waals surface area contributed by atoms with E-state index in [-0.39, 0.29) is 0 Å². The van der Waals surface area contributed by atoms with Gasteiger partial charge in [-0.15, -0.1) is 0 Å². The normalized spacial score (nSPS) is 19.8. The summed E-state index contributed by atoms with van der Waals surface area (Å²) in [5.41, 5.74) is 15.6. The summed E-state index contributed by atoms with van der Waals surface area (Å²) in [6.45, 7) is 17.2. The lowest BCUT2D eigenvalue weighted by molar-refractivity contribution is 0.766. The fraction of sp³-hybridized carbons (Fsp3) is 0.200. The average Bonchev–Trinajstić information content (AvgIpc) is 3.69. The molecule has 40 heavy (non-hydrogen) atoms. The van der Waals surface area contributed by atoms with Gasteiger partial charge in [0, 0.05) is 0 Å². The van der Waals surface area contributed by atoms with Crippen molar-refractivity contribution in [2.75, 3.05) is 0 Å². The Morgan fingerprint density at radius 3 is 1.82 bits per heavy atom. The van der Waals surface area contributed by atoms with Crippen LogP contribution in [0.25, 0.3) is 44.2 Å². The molecule has 0 aromatic heterocycles. The van der Waals surface area contributed by atoms with E-state index >= 15 is 0 Å². The van der Waals surface area contributed by atoms with Crippen molar-refractivity contribution in [2.45, 2.75) is 46.5 Å². The third kappa shape index (κ3) is 4.23. The van der Waals surface area contributed by atoms with Crippen molar-refractivity contribution in [2.24, 2.45) is 5.92 Å². The summed E-state index contributed by atoms with van der Waals surface area (Å²) in [6, 6.07) is 27.3. The van der Waals surface area contributed by atoms with Gasteiger partial charge in [0.1, 0.15) is 0 Å². The van der Waals surface area contributed by atoms with Crippen LogP contribution < -0.4 is 0 Å². The van der Waals surface area contributed by atoms with Crippen molar-refractivity contribution in [3.05, 3.63) is 144 Å². The molecular weight excluding hydrogens is 480 g/mol. The molecule has 2 aliphatic rings. The van der Waals surface area contributed by atoms with Gasteiger partial charge in [-0.05, 0) is 105 Å². The van der Waals surface area contributed by atoms with E-state index in [2.05, 4.69) is 126 Å². The Kier molecular flexibility index (Phi) is 6.80. The first kappa shape index (κ1) is 26.1. The van der Waals surface area contributed by atoms with Crippen molar-refractivity contribution in [1.82, 2.24) is 0 Å². The molecule has 0 saturated heterocycles. The van der Waals surface area contributed by atoms with E-state index in [0.29, 0.717) is 5.92 Å². The maximum Gasteiger partial charge on any atom is -0.000766 e. The highest BCUT2D eigenvalue weighted by Gasteiger charge is 2.37. The summed E-state index contributed by atoms with van der Waals surface area (Å²) in [5, 5.41) is 2.58. The molecule has 0 amide bonds. The number of allylic oxidation sites excluding steroid dienone is 8. The largest absolute Gasteiger partial charge is 0.0990 e. The molecule has 6 rings (SSSR count). The molecule has 0 radical (unpaired) electrons. The van der Waals surface area contributed by atoms with Gasteiger partial charge in [-0.2, -0.15) is 0 Å². The van der Waals surface area contributed by atoms with Crippen LogP contribution in [0.5, 0.6) is 0 Å². The molecule has 0 aliphatic heterocycles. The van der Waals surface area contributed by atoms with Crippen LogP contribution in [0.3, 0.4) is 0 Å². The molecule has 4 aromatic carbocycles. The van der Waals surface area contributed by atoms with Gasteiger partial charge in [0.2, 0.25) is 0 Å². The van der Waals surface area contributed by atoms with E-state index < -0.39 is 0 Å². The zero-order valence-corrected chi connectivity index (χ0v) is 24.2. The molecule has 0 heteroatoms. The van der Waals surface area contributed by atoms with Gasteiger partial charge >= 0.3 is 0 Å². The Labute approximate surface area is 239 Å². The van der Waals surface area contributed by atoms with E-state index in [0.717, 1.165) is 5.92 Å². The van der Waals surface area contributed by atoms with Crippen LogP contribution in [0, 0.1) is 12.8 Å². The highest BCUT2D eigenvalue weighted by atomic mass is 14.4. The minimum absolute atomic E-state index is 0.684. The smallest absolute Gasteiger partial charge is 0.000766 e. The van der Waals surface area contributed by atoms with E-state index in [1.54, 1.807) is 0 Å². The van der Waals surface area contributed by atoms with Crippen molar-refractivity contribution in [3.8, 4) is 22.3 Å². The molecule has 4 aromatic rings. The second-order valence-electron chi connectivity index (χ2n) is 11.6. The maximum absolute atomic E-state index is 4.14. The van der Waals surface area contributed by atoms with Crippen molar-refractivity contribution < 1.29 is 0 Å². The SMILES string of the molecule is C=C/C=C1\C(=C(C)C)/C(=C\C=C)c2c1c(-c1cccc(C)c1)c1ccccc1c2-c1cccc([C@@H]2CC2CC)c1. The Balaban J connectivity index is 1.81. The molecule has 0 nitrogen and oxygen atoms in total. The predicted octanol–water partition coefficient (Wildman–Crippen LogP) is 11.5. The lowest BCUT2D eigenvalue weighted by Crippen LogP contribution is -1.97. The average molecular weight is 519 g/mol. The van der Waals surface area contributed by atoms with Gasteiger partial charge in [0.25, 0.3) is 0 Å². The second-order valence-corrected chi connectivity index (χ2v) is 11.6. The molecule has 0 spiro atoms. The lowest BCUT2D eigenvalue weighted by atomic mass is 9.82. The molecule has 1 fully saturated rings. The molecule has 1 unspecified atom stereocenters. The fourth-order valence-electron chi connectivity index (χ4n) is 6.91. The topological polar surface area (TPSA) is 0 Å². The number of aryl methyl sites for hydroxylation is 1. The highest BCUT2D eigenvalue weighted by molar-refractivity contribution is 6.22. The van der Waals surface area contributed by atoms with Crippen LogP contribution in [-0.2, 0) is 0 Å². The van der Waals surface area contributed by atoms with Gasteiger partial charge in [0.15, 0.2) is 0 Å². The first-order valence-electron chi connectivity index (χ1n) is 14.6. The Morgan fingerprint density at radius 1 is 0.750 bits per heavy atom. The van der Waals surface area contributed by atoms with Gasteiger partial charge in [0.05, 0.1) is 0 Å². The first-order chi connectivity index (χ1) is 19.5. The van der Waals surface area contributed by atoms with Crippen LogP contribution in [-0.4, -0.2) is 0 Å². The standard InChI is InChI=1S/C40H38/c1-7-14-33-36(25(4)5)34(15-8-2)40-38(30-19-13-17-28(23-30)35-24-27(35)9-3)32-21-11-10-20-31(32)37(39(33)40)29-18-12-16-26(6)22-29/h7-8,10-23,27,35H,1-2,9,24H2,3-6H3/b33-14+,34-15+/t27?,35-/m1/s1. The summed E-state index contributed by atoms with van der Waals surface area (Å²) < 4.78 is 0. The number of benzene rings is 4. The number of rotatable bonds is 6. The van der Waals surface area contributed by atoms with E-state index in [4.69, 9.17) is 0 Å². The van der Waals surface area contributed by atoms with Gasteiger partial charge in [-0.3, -0.25) is 0 Å². The van der Waals surface area contributed by atoms with Crippen molar-refractivity contribution >= 4 is 21.9 Å².